The zero-order chi connectivity index (χ0) is 21.4. The third-order valence-electron chi connectivity index (χ3n) is 5.00. The molecule has 2 atom stereocenters. The van der Waals surface area contributed by atoms with E-state index in [1.165, 1.54) is 12.1 Å². The molecule has 1 aliphatic heterocycles. The van der Waals surface area contributed by atoms with E-state index in [2.05, 4.69) is 15.5 Å². The molecule has 8 heteroatoms. The number of likely N-dealkylation sites (N-methyl/N-ethyl adjacent to an activating group) is 1. The van der Waals surface area contributed by atoms with E-state index in [4.69, 9.17) is 0 Å². The van der Waals surface area contributed by atoms with Crippen LogP contribution in [0.1, 0.15) is 25.8 Å². The number of aldehydes is 1. The number of phenolic OH excluding ortho intramolecular Hbond substituents is 1. The van der Waals surface area contributed by atoms with Crippen LogP contribution >= 0.6 is 0 Å². The molecule has 3 amide bonds. The lowest BCUT2D eigenvalue weighted by atomic mass is 10.0. The number of nitrogens with zero attached hydrogens (tertiary/aromatic N) is 2. The molecule has 1 heterocycles. The van der Waals surface area contributed by atoms with E-state index in [0.717, 1.165) is 18.7 Å². The Bertz CT molecular complexity index is 684. The summed E-state index contributed by atoms with van der Waals surface area (Å²) in [5.41, 5.74) is 0.821. The molecular formula is C21H32N4O4. The molecule has 1 aromatic rings. The zero-order valence-corrected chi connectivity index (χ0v) is 17.4. The fourth-order valence-electron chi connectivity index (χ4n) is 3.26. The third-order valence-corrected chi connectivity index (χ3v) is 5.00. The van der Waals surface area contributed by atoms with Crippen molar-refractivity contribution in [3.8, 4) is 5.75 Å². The second kappa shape index (κ2) is 10.8. The molecule has 2 unspecified atom stereocenters. The first-order valence-corrected chi connectivity index (χ1v) is 10.1. The molecule has 1 saturated heterocycles. The molecule has 8 nitrogen and oxygen atoms in total. The Balaban J connectivity index is 1.97. The maximum Gasteiger partial charge on any atom is 0.318 e. The van der Waals surface area contributed by atoms with Crippen LogP contribution in [0.3, 0.4) is 0 Å². The van der Waals surface area contributed by atoms with Gasteiger partial charge in [-0.05, 0) is 43.5 Å². The topological polar surface area (TPSA) is 102 Å². The van der Waals surface area contributed by atoms with Crippen molar-refractivity contribution in [2.75, 3.05) is 33.2 Å². The van der Waals surface area contributed by atoms with Gasteiger partial charge in [0.15, 0.2) is 0 Å². The van der Waals surface area contributed by atoms with E-state index in [0.29, 0.717) is 32.2 Å². The molecule has 160 valence electrons. The number of carbonyl (C=O) groups excluding carboxylic acids is 3. The molecule has 0 aliphatic carbocycles. The first-order chi connectivity index (χ1) is 13.8. The summed E-state index contributed by atoms with van der Waals surface area (Å²) in [5, 5.41) is 15.0. The number of urea groups is 1. The van der Waals surface area contributed by atoms with Crippen LogP contribution in [0.2, 0.25) is 0 Å². The van der Waals surface area contributed by atoms with Crippen molar-refractivity contribution in [1.29, 1.82) is 0 Å². The lowest BCUT2D eigenvalue weighted by Gasteiger charge is -2.33. The van der Waals surface area contributed by atoms with Crippen LogP contribution in [0.5, 0.6) is 5.75 Å². The van der Waals surface area contributed by atoms with Gasteiger partial charge in [-0.2, -0.15) is 0 Å². The van der Waals surface area contributed by atoms with Crippen LogP contribution in [0.4, 0.5) is 4.79 Å². The molecule has 0 saturated carbocycles. The summed E-state index contributed by atoms with van der Waals surface area (Å²) in [5.74, 6) is -0.0218. The highest BCUT2D eigenvalue weighted by atomic mass is 16.3. The van der Waals surface area contributed by atoms with Crippen molar-refractivity contribution >= 4 is 18.2 Å². The monoisotopic (exact) mass is 404 g/mol. The summed E-state index contributed by atoms with van der Waals surface area (Å²) in [6.07, 6.45) is 1.49. The molecule has 0 spiro atoms. The van der Waals surface area contributed by atoms with E-state index in [1.807, 2.05) is 20.9 Å². The van der Waals surface area contributed by atoms with E-state index in [9.17, 15) is 19.5 Å². The summed E-state index contributed by atoms with van der Waals surface area (Å²) in [7, 11) is 2.01. The summed E-state index contributed by atoms with van der Waals surface area (Å²) < 4.78 is 0. The number of carbonyl (C=O) groups is 3. The first kappa shape index (κ1) is 22.7. The number of benzene rings is 1. The summed E-state index contributed by atoms with van der Waals surface area (Å²) in [6, 6.07) is 4.83. The van der Waals surface area contributed by atoms with Crippen molar-refractivity contribution in [3.63, 3.8) is 0 Å². The predicted molar refractivity (Wildman–Crippen MR) is 111 cm³/mol. The molecule has 1 aromatic carbocycles. The fraction of sp³-hybridized carbons (Fsp3) is 0.571. The van der Waals surface area contributed by atoms with Crippen LogP contribution in [-0.4, -0.2) is 78.4 Å². The van der Waals surface area contributed by atoms with Crippen molar-refractivity contribution in [3.05, 3.63) is 29.8 Å². The Kier molecular flexibility index (Phi) is 8.45. The van der Waals surface area contributed by atoms with E-state index in [1.54, 1.807) is 17.0 Å². The number of aromatic hydroxyl groups is 1. The highest BCUT2D eigenvalue weighted by molar-refractivity contribution is 5.88. The minimum atomic E-state index is -0.706. The molecule has 0 bridgehead atoms. The Hall–Kier alpha value is -2.61. The lowest BCUT2D eigenvalue weighted by Crippen LogP contribution is -2.56. The van der Waals surface area contributed by atoms with Crippen molar-refractivity contribution in [1.82, 2.24) is 20.4 Å². The SMILES string of the molecule is CC(C)CC(NC(=O)N1CCN(C)CC1)C(=O)NC(C=O)Cc1ccc(O)cc1. The number of rotatable bonds is 8. The number of hydrogen-bond acceptors (Lipinski definition) is 5. The average Bonchev–Trinajstić information content (AvgIpc) is 2.68. The summed E-state index contributed by atoms with van der Waals surface area (Å²) in [4.78, 5) is 40.8. The molecule has 2 rings (SSSR count). The standard InChI is InChI=1S/C21H32N4O4/c1-15(2)12-19(23-21(29)25-10-8-24(3)9-11-25)20(28)22-17(14-26)13-16-4-6-18(27)7-5-16/h4-7,14-15,17,19,27H,8-13H2,1-3H3,(H,22,28)(H,23,29). The number of hydrogen-bond donors (Lipinski definition) is 3. The predicted octanol–water partition coefficient (Wildman–Crippen LogP) is 0.990. The van der Waals surface area contributed by atoms with Gasteiger partial charge in [0.2, 0.25) is 5.91 Å². The van der Waals surface area contributed by atoms with Crippen molar-refractivity contribution in [2.45, 2.75) is 38.8 Å². The number of amides is 3. The molecule has 3 N–H and O–H groups in total. The average molecular weight is 405 g/mol. The van der Waals surface area contributed by atoms with Crippen LogP contribution in [0.25, 0.3) is 0 Å². The van der Waals surface area contributed by atoms with Crippen LogP contribution < -0.4 is 10.6 Å². The van der Waals surface area contributed by atoms with Gasteiger partial charge in [-0.15, -0.1) is 0 Å². The molecule has 0 radical (unpaired) electrons. The van der Waals surface area contributed by atoms with Crippen LogP contribution in [0, 0.1) is 5.92 Å². The number of phenols is 1. The van der Waals surface area contributed by atoms with E-state index in [-0.39, 0.29) is 23.6 Å². The van der Waals surface area contributed by atoms with Crippen molar-refractivity contribution in [2.24, 2.45) is 5.92 Å². The first-order valence-electron chi connectivity index (χ1n) is 10.1. The van der Waals surface area contributed by atoms with Gasteiger partial charge in [0.25, 0.3) is 0 Å². The zero-order valence-electron chi connectivity index (χ0n) is 17.4. The number of nitrogens with one attached hydrogen (secondary N) is 2. The van der Waals surface area contributed by atoms with E-state index < -0.39 is 12.1 Å². The molecule has 1 aliphatic rings. The van der Waals surface area contributed by atoms with E-state index >= 15 is 0 Å². The maximum atomic E-state index is 12.8. The lowest BCUT2D eigenvalue weighted by molar-refractivity contribution is -0.126. The summed E-state index contributed by atoms with van der Waals surface area (Å²) >= 11 is 0. The quantitative estimate of drug-likeness (QED) is 0.561. The van der Waals surface area contributed by atoms with Crippen LogP contribution in [0.15, 0.2) is 24.3 Å². The van der Waals surface area contributed by atoms with Gasteiger partial charge in [0.1, 0.15) is 18.1 Å². The van der Waals surface area contributed by atoms with Gasteiger partial charge >= 0.3 is 6.03 Å². The number of piperazine rings is 1. The largest absolute Gasteiger partial charge is 0.508 e. The second-order valence-electron chi connectivity index (χ2n) is 8.04. The normalized spacial score (nSPS) is 16.9. The van der Waals surface area contributed by atoms with Gasteiger partial charge in [-0.1, -0.05) is 26.0 Å². The fourth-order valence-corrected chi connectivity index (χ4v) is 3.26. The Morgan fingerprint density at radius 1 is 1.10 bits per heavy atom. The Morgan fingerprint density at radius 3 is 2.28 bits per heavy atom. The van der Waals surface area contributed by atoms with Gasteiger partial charge in [-0.3, -0.25) is 4.79 Å². The Morgan fingerprint density at radius 2 is 1.72 bits per heavy atom. The third kappa shape index (κ3) is 7.38. The smallest absolute Gasteiger partial charge is 0.318 e. The maximum absolute atomic E-state index is 12.8. The van der Waals surface area contributed by atoms with Gasteiger partial charge in [0.05, 0.1) is 6.04 Å². The highest BCUT2D eigenvalue weighted by Crippen LogP contribution is 2.12. The minimum Gasteiger partial charge on any atom is -0.508 e. The second-order valence-corrected chi connectivity index (χ2v) is 8.04. The highest BCUT2D eigenvalue weighted by Gasteiger charge is 2.27. The molecule has 29 heavy (non-hydrogen) atoms. The Labute approximate surface area is 172 Å². The van der Waals surface area contributed by atoms with Gasteiger partial charge < -0.3 is 30.3 Å². The van der Waals surface area contributed by atoms with Crippen LogP contribution in [-0.2, 0) is 16.0 Å². The molecule has 0 aromatic heterocycles. The van der Waals surface area contributed by atoms with Crippen molar-refractivity contribution < 1.29 is 19.5 Å². The van der Waals surface area contributed by atoms with Gasteiger partial charge in [0, 0.05) is 26.2 Å². The molecular weight excluding hydrogens is 372 g/mol. The van der Waals surface area contributed by atoms with Gasteiger partial charge in [-0.25, -0.2) is 4.79 Å². The molecule has 1 fully saturated rings. The summed E-state index contributed by atoms with van der Waals surface area (Å²) in [6.45, 7) is 6.81. The minimum absolute atomic E-state index is 0.143.